The first kappa shape index (κ1) is 14.6. The summed E-state index contributed by atoms with van der Waals surface area (Å²) in [6.07, 6.45) is 2.23. The summed E-state index contributed by atoms with van der Waals surface area (Å²) in [5.74, 6) is 0.363. The quantitative estimate of drug-likeness (QED) is 0.847. The molecule has 1 aromatic carbocycles. The Morgan fingerprint density at radius 1 is 1.30 bits per heavy atom. The number of hydrogen-bond donors (Lipinski definition) is 2. The number of piperidine rings is 1. The molecular formula is C17H21FN4O. The number of aromatic nitrogens is 2. The minimum atomic E-state index is -0.396. The molecule has 2 aromatic rings. The maximum absolute atomic E-state index is 13.8. The molecular weight excluding hydrogens is 295 g/mol. The van der Waals surface area contributed by atoms with E-state index in [2.05, 4.69) is 34.4 Å². The molecule has 1 aromatic heterocycles. The fourth-order valence-corrected chi connectivity index (χ4v) is 4.24. The summed E-state index contributed by atoms with van der Waals surface area (Å²) in [6.45, 7) is 4.28. The Hall–Kier alpha value is -1.95. The smallest absolute Gasteiger partial charge is 0.272 e. The van der Waals surface area contributed by atoms with Crippen molar-refractivity contribution in [2.24, 2.45) is 5.92 Å². The summed E-state index contributed by atoms with van der Waals surface area (Å²) in [4.78, 5) is 14.4. The van der Waals surface area contributed by atoms with Crippen molar-refractivity contribution in [1.82, 2.24) is 15.1 Å². The lowest BCUT2D eigenvalue weighted by molar-refractivity contribution is 0.190. The highest BCUT2D eigenvalue weighted by Crippen LogP contribution is 2.43. The number of aromatic amines is 1. The van der Waals surface area contributed by atoms with Crippen molar-refractivity contribution in [3.8, 4) is 0 Å². The molecule has 2 N–H and O–H groups in total. The van der Waals surface area contributed by atoms with Crippen LogP contribution in [0.3, 0.4) is 0 Å². The molecule has 0 unspecified atom stereocenters. The molecule has 0 amide bonds. The van der Waals surface area contributed by atoms with Crippen LogP contribution in [-0.2, 0) is 0 Å². The standard InChI is InChI=1S/C17H21FN4O/c1-9-14(10-3-5-22(2)6-4-10)16-15-12(17(23)21-20-16)7-11(18)8-13(15)19-9/h7-10,14,19H,3-6H2,1-2H3,(H,21,23)/t9-,14+/m0/s1. The summed E-state index contributed by atoms with van der Waals surface area (Å²) in [5.41, 5.74) is 1.27. The van der Waals surface area contributed by atoms with Gasteiger partial charge in [-0.15, -0.1) is 0 Å². The van der Waals surface area contributed by atoms with Gasteiger partial charge >= 0.3 is 0 Å². The summed E-state index contributed by atoms with van der Waals surface area (Å²) < 4.78 is 13.8. The van der Waals surface area contributed by atoms with Crippen LogP contribution in [-0.4, -0.2) is 41.3 Å². The van der Waals surface area contributed by atoms with Gasteiger partial charge in [0, 0.05) is 23.0 Å². The highest BCUT2D eigenvalue weighted by molar-refractivity contribution is 5.96. The van der Waals surface area contributed by atoms with Crippen LogP contribution in [0, 0.1) is 11.7 Å². The van der Waals surface area contributed by atoms with Crippen LogP contribution in [0.15, 0.2) is 16.9 Å². The predicted molar refractivity (Wildman–Crippen MR) is 88.4 cm³/mol. The topological polar surface area (TPSA) is 61.0 Å². The van der Waals surface area contributed by atoms with Gasteiger partial charge in [-0.2, -0.15) is 5.10 Å². The molecule has 122 valence electrons. The number of anilines is 1. The van der Waals surface area contributed by atoms with E-state index >= 15 is 0 Å². The van der Waals surface area contributed by atoms with Crippen LogP contribution < -0.4 is 10.9 Å². The molecule has 0 radical (unpaired) electrons. The molecule has 0 spiro atoms. The monoisotopic (exact) mass is 316 g/mol. The van der Waals surface area contributed by atoms with Crippen molar-refractivity contribution in [2.45, 2.75) is 31.7 Å². The second-order valence-electron chi connectivity index (χ2n) is 6.91. The zero-order valence-electron chi connectivity index (χ0n) is 13.4. The number of nitrogens with zero attached hydrogens (tertiary/aromatic N) is 2. The van der Waals surface area contributed by atoms with Crippen molar-refractivity contribution in [3.63, 3.8) is 0 Å². The summed E-state index contributed by atoms with van der Waals surface area (Å²) in [7, 11) is 2.15. The number of nitrogens with one attached hydrogen (secondary N) is 2. The Morgan fingerprint density at radius 2 is 2.04 bits per heavy atom. The molecule has 1 fully saturated rings. The molecule has 23 heavy (non-hydrogen) atoms. The average Bonchev–Trinajstić information content (AvgIpc) is 2.51. The lowest BCUT2D eigenvalue weighted by Gasteiger charge is -2.40. The van der Waals surface area contributed by atoms with Gasteiger partial charge in [0.25, 0.3) is 5.56 Å². The number of hydrogen-bond acceptors (Lipinski definition) is 4. The summed E-state index contributed by atoms with van der Waals surface area (Å²) in [5, 5.41) is 11.5. The minimum absolute atomic E-state index is 0.166. The second kappa shape index (κ2) is 5.30. The van der Waals surface area contributed by atoms with Gasteiger partial charge in [-0.25, -0.2) is 9.49 Å². The van der Waals surface area contributed by atoms with Gasteiger partial charge in [-0.3, -0.25) is 4.79 Å². The van der Waals surface area contributed by atoms with E-state index in [0.29, 0.717) is 17.0 Å². The number of halogens is 1. The number of rotatable bonds is 1. The highest BCUT2D eigenvalue weighted by atomic mass is 19.1. The molecule has 0 saturated carbocycles. The zero-order valence-corrected chi connectivity index (χ0v) is 13.4. The molecule has 1 saturated heterocycles. The van der Waals surface area contributed by atoms with Gasteiger partial charge in [0.2, 0.25) is 0 Å². The first-order valence-electron chi connectivity index (χ1n) is 8.21. The normalized spacial score (nSPS) is 25.5. The first-order valence-corrected chi connectivity index (χ1v) is 8.21. The van der Waals surface area contributed by atoms with Crippen molar-refractivity contribution >= 4 is 16.5 Å². The van der Waals surface area contributed by atoms with Gasteiger partial charge in [0.15, 0.2) is 0 Å². The van der Waals surface area contributed by atoms with Crippen molar-refractivity contribution in [2.75, 3.05) is 25.5 Å². The molecule has 2 aliphatic rings. The Morgan fingerprint density at radius 3 is 2.78 bits per heavy atom. The van der Waals surface area contributed by atoms with E-state index in [9.17, 15) is 9.18 Å². The van der Waals surface area contributed by atoms with E-state index in [1.54, 1.807) is 0 Å². The third kappa shape index (κ3) is 2.32. The Kier molecular flexibility index (Phi) is 3.37. The van der Waals surface area contributed by atoms with Gasteiger partial charge in [0.1, 0.15) is 5.82 Å². The third-order valence-corrected chi connectivity index (χ3v) is 5.39. The predicted octanol–water partition coefficient (Wildman–Crippen LogP) is 2.30. The van der Waals surface area contributed by atoms with Gasteiger partial charge < -0.3 is 10.2 Å². The Bertz CT molecular complexity index is 810. The molecule has 4 rings (SSSR count). The van der Waals surface area contributed by atoms with Crippen molar-refractivity contribution in [1.29, 1.82) is 0 Å². The fraction of sp³-hybridized carbons (Fsp3) is 0.529. The van der Waals surface area contributed by atoms with Crippen LogP contribution in [0.1, 0.15) is 31.4 Å². The van der Waals surface area contributed by atoms with E-state index in [0.717, 1.165) is 37.0 Å². The Labute approximate surface area is 133 Å². The fourth-order valence-electron chi connectivity index (χ4n) is 4.24. The maximum atomic E-state index is 13.8. The van der Waals surface area contributed by atoms with Crippen LogP contribution >= 0.6 is 0 Å². The lowest BCUT2D eigenvalue weighted by atomic mass is 9.75. The highest BCUT2D eigenvalue weighted by Gasteiger charge is 2.36. The molecule has 3 heterocycles. The second-order valence-corrected chi connectivity index (χ2v) is 6.91. The van der Waals surface area contributed by atoms with Crippen molar-refractivity contribution < 1.29 is 4.39 Å². The van der Waals surface area contributed by atoms with Crippen molar-refractivity contribution in [3.05, 3.63) is 34.0 Å². The lowest BCUT2D eigenvalue weighted by Crippen LogP contribution is -2.40. The summed E-state index contributed by atoms with van der Waals surface area (Å²) in [6, 6.07) is 2.94. The van der Waals surface area contributed by atoms with Gasteiger partial charge in [-0.05, 0) is 58.0 Å². The summed E-state index contributed by atoms with van der Waals surface area (Å²) >= 11 is 0. The van der Waals surface area contributed by atoms with Crippen LogP contribution in [0.25, 0.3) is 10.8 Å². The Balaban J connectivity index is 1.87. The van der Waals surface area contributed by atoms with Gasteiger partial charge in [0.05, 0.1) is 11.1 Å². The molecule has 2 atom stereocenters. The van der Waals surface area contributed by atoms with E-state index in [1.165, 1.54) is 12.1 Å². The molecule has 5 nitrogen and oxygen atoms in total. The van der Waals surface area contributed by atoms with E-state index in [1.807, 2.05) is 0 Å². The first-order chi connectivity index (χ1) is 11.0. The minimum Gasteiger partial charge on any atom is -0.381 e. The molecule has 0 bridgehead atoms. The molecule has 2 aliphatic heterocycles. The maximum Gasteiger partial charge on any atom is 0.272 e. The third-order valence-electron chi connectivity index (χ3n) is 5.39. The SMILES string of the molecule is C[C@@H]1Nc2cc(F)cc3c(=O)[nH]nc(c23)[C@H]1C1CCN(C)CC1. The molecule has 0 aliphatic carbocycles. The zero-order chi connectivity index (χ0) is 16.1. The van der Waals surface area contributed by atoms with Crippen LogP contribution in [0.5, 0.6) is 0 Å². The molecule has 6 heteroatoms. The van der Waals surface area contributed by atoms with Crippen LogP contribution in [0.4, 0.5) is 10.1 Å². The number of H-pyrrole nitrogens is 1. The van der Waals surface area contributed by atoms with E-state index < -0.39 is 5.82 Å². The van der Waals surface area contributed by atoms with E-state index in [-0.39, 0.29) is 17.5 Å². The number of likely N-dealkylation sites (tertiary alicyclic amines) is 1. The van der Waals surface area contributed by atoms with Gasteiger partial charge in [-0.1, -0.05) is 0 Å². The average molecular weight is 316 g/mol. The largest absolute Gasteiger partial charge is 0.381 e. The van der Waals surface area contributed by atoms with Crippen LogP contribution in [0.2, 0.25) is 0 Å². The number of benzene rings is 1. The van der Waals surface area contributed by atoms with E-state index in [4.69, 9.17) is 0 Å².